The lowest BCUT2D eigenvalue weighted by Gasteiger charge is -2.23. The molecule has 0 aliphatic heterocycles. The predicted molar refractivity (Wildman–Crippen MR) is 68.2 cm³/mol. The molecule has 0 spiro atoms. The average molecular weight is 302 g/mol. The molecule has 0 atom stereocenters. The molecule has 1 rings (SSSR count). The second-order valence-corrected chi connectivity index (χ2v) is 4.53. The van der Waals surface area contributed by atoms with E-state index in [1.807, 2.05) is 6.07 Å². The average Bonchev–Trinajstić information content (AvgIpc) is 2.29. The molecular formula is C12H16BrNO3. The lowest BCUT2D eigenvalue weighted by atomic mass is 10.1. The highest BCUT2D eigenvalue weighted by Gasteiger charge is 2.32. The SMILES string of the molecule is CCOC(=O)C(C)(C)Oc1cc(CBr)ccn1. The maximum Gasteiger partial charge on any atom is 0.349 e. The van der Waals surface area contributed by atoms with Crippen LogP contribution in [0, 0.1) is 0 Å². The fourth-order valence-corrected chi connectivity index (χ4v) is 1.55. The van der Waals surface area contributed by atoms with E-state index in [1.54, 1.807) is 33.0 Å². The van der Waals surface area contributed by atoms with Gasteiger partial charge in [0, 0.05) is 17.6 Å². The van der Waals surface area contributed by atoms with Crippen molar-refractivity contribution in [3.05, 3.63) is 23.9 Å². The molecule has 0 saturated carbocycles. The summed E-state index contributed by atoms with van der Waals surface area (Å²) in [5.41, 5.74) is 0.00294. The summed E-state index contributed by atoms with van der Waals surface area (Å²) < 4.78 is 10.5. The van der Waals surface area contributed by atoms with Crippen LogP contribution in [0.15, 0.2) is 18.3 Å². The summed E-state index contributed by atoms with van der Waals surface area (Å²) >= 11 is 3.35. The van der Waals surface area contributed by atoms with E-state index in [1.165, 1.54) is 0 Å². The summed E-state index contributed by atoms with van der Waals surface area (Å²) in [4.78, 5) is 15.7. The van der Waals surface area contributed by atoms with Crippen LogP contribution in [-0.4, -0.2) is 23.2 Å². The molecule has 0 fully saturated rings. The summed E-state index contributed by atoms with van der Waals surface area (Å²) in [6.45, 7) is 5.42. The number of hydrogen-bond acceptors (Lipinski definition) is 4. The molecule has 1 aromatic rings. The zero-order valence-corrected chi connectivity index (χ0v) is 11.8. The van der Waals surface area contributed by atoms with Crippen molar-refractivity contribution in [3.8, 4) is 5.88 Å². The summed E-state index contributed by atoms with van der Waals surface area (Å²) in [5, 5.41) is 0.714. The third-order valence-electron chi connectivity index (χ3n) is 2.08. The first-order valence-corrected chi connectivity index (χ1v) is 6.49. The molecule has 0 saturated heterocycles. The van der Waals surface area contributed by atoms with Gasteiger partial charge in [-0.2, -0.15) is 0 Å². The quantitative estimate of drug-likeness (QED) is 0.620. The van der Waals surface area contributed by atoms with Crippen LogP contribution in [0.3, 0.4) is 0 Å². The number of ether oxygens (including phenoxy) is 2. The van der Waals surface area contributed by atoms with Crippen molar-refractivity contribution in [1.82, 2.24) is 4.98 Å². The van der Waals surface area contributed by atoms with E-state index in [0.717, 1.165) is 5.56 Å². The molecule has 0 bridgehead atoms. The Bertz CT molecular complexity index is 393. The van der Waals surface area contributed by atoms with Gasteiger partial charge >= 0.3 is 5.97 Å². The van der Waals surface area contributed by atoms with Crippen molar-refractivity contribution in [2.45, 2.75) is 31.7 Å². The van der Waals surface area contributed by atoms with Gasteiger partial charge in [0.25, 0.3) is 0 Å². The monoisotopic (exact) mass is 301 g/mol. The van der Waals surface area contributed by atoms with Crippen molar-refractivity contribution in [2.75, 3.05) is 6.61 Å². The molecule has 0 unspecified atom stereocenters. The van der Waals surface area contributed by atoms with Crippen LogP contribution in [-0.2, 0) is 14.9 Å². The third-order valence-corrected chi connectivity index (χ3v) is 2.73. The van der Waals surface area contributed by atoms with E-state index < -0.39 is 11.6 Å². The Kier molecular flexibility index (Phi) is 4.93. The number of halogens is 1. The molecule has 94 valence electrons. The van der Waals surface area contributed by atoms with Crippen molar-refractivity contribution in [1.29, 1.82) is 0 Å². The molecule has 0 amide bonds. The molecule has 5 heteroatoms. The molecule has 0 radical (unpaired) electrons. The van der Waals surface area contributed by atoms with Crippen molar-refractivity contribution < 1.29 is 14.3 Å². The molecular weight excluding hydrogens is 286 g/mol. The van der Waals surface area contributed by atoms with Gasteiger partial charge in [-0.15, -0.1) is 0 Å². The lowest BCUT2D eigenvalue weighted by Crippen LogP contribution is -2.40. The summed E-state index contributed by atoms with van der Waals surface area (Å²) in [6.07, 6.45) is 1.65. The molecule has 1 heterocycles. The van der Waals surface area contributed by atoms with Crippen LogP contribution >= 0.6 is 15.9 Å². The highest BCUT2D eigenvalue weighted by molar-refractivity contribution is 9.08. The van der Waals surface area contributed by atoms with Crippen LogP contribution in [0.5, 0.6) is 5.88 Å². The predicted octanol–water partition coefficient (Wildman–Crippen LogP) is 2.70. The minimum absolute atomic E-state index is 0.334. The van der Waals surface area contributed by atoms with Gasteiger partial charge < -0.3 is 9.47 Å². The zero-order valence-electron chi connectivity index (χ0n) is 10.2. The second kappa shape index (κ2) is 6.00. The number of carbonyl (C=O) groups excluding carboxylic acids is 1. The maximum atomic E-state index is 11.6. The first-order chi connectivity index (χ1) is 7.99. The summed E-state index contributed by atoms with van der Waals surface area (Å²) in [5.74, 6) is 0.0195. The largest absolute Gasteiger partial charge is 0.463 e. The van der Waals surface area contributed by atoms with Gasteiger partial charge in [0.15, 0.2) is 0 Å². The number of alkyl halides is 1. The number of aromatic nitrogens is 1. The lowest BCUT2D eigenvalue weighted by molar-refractivity contribution is -0.158. The third kappa shape index (κ3) is 4.00. The van der Waals surface area contributed by atoms with E-state index in [0.29, 0.717) is 17.8 Å². The van der Waals surface area contributed by atoms with E-state index in [4.69, 9.17) is 9.47 Å². The highest BCUT2D eigenvalue weighted by atomic mass is 79.9. The zero-order chi connectivity index (χ0) is 12.9. The summed E-state index contributed by atoms with van der Waals surface area (Å²) in [7, 11) is 0. The van der Waals surface area contributed by atoms with Crippen molar-refractivity contribution in [3.63, 3.8) is 0 Å². The van der Waals surface area contributed by atoms with E-state index >= 15 is 0 Å². The number of esters is 1. The minimum atomic E-state index is -1.03. The van der Waals surface area contributed by atoms with E-state index in [-0.39, 0.29) is 0 Å². The molecule has 0 aliphatic rings. The van der Waals surface area contributed by atoms with Gasteiger partial charge in [0.05, 0.1) is 6.61 Å². The van der Waals surface area contributed by atoms with Gasteiger partial charge in [0.2, 0.25) is 11.5 Å². The van der Waals surface area contributed by atoms with Crippen molar-refractivity contribution in [2.24, 2.45) is 0 Å². The number of nitrogens with zero attached hydrogens (tertiary/aromatic N) is 1. The second-order valence-electron chi connectivity index (χ2n) is 3.97. The smallest absolute Gasteiger partial charge is 0.349 e. The fraction of sp³-hybridized carbons (Fsp3) is 0.500. The maximum absolute atomic E-state index is 11.6. The Morgan fingerprint density at radius 3 is 2.82 bits per heavy atom. The molecule has 0 N–H and O–H groups in total. The number of carbonyl (C=O) groups is 1. The number of hydrogen-bond donors (Lipinski definition) is 0. The number of pyridine rings is 1. The van der Waals surface area contributed by atoms with E-state index in [2.05, 4.69) is 20.9 Å². The summed E-state index contributed by atoms with van der Waals surface area (Å²) in [6, 6.07) is 3.66. The first kappa shape index (κ1) is 14.0. The van der Waals surface area contributed by atoms with Crippen LogP contribution in [0.25, 0.3) is 0 Å². The standard InChI is InChI=1S/C12H16BrNO3/c1-4-16-11(15)12(2,3)17-10-7-9(8-13)5-6-14-10/h5-7H,4,8H2,1-3H3. The normalized spacial score (nSPS) is 11.1. The molecule has 1 aromatic heterocycles. The topological polar surface area (TPSA) is 48.4 Å². The van der Waals surface area contributed by atoms with Crippen LogP contribution < -0.4 is 4.74 Å². The van der Waals surface area contributed by atoms with Gasteiger partial charge in [0.1, 0.15) is 0 Å². The minimum Gasteiger partial charge on any atom is -0.463 e. The van der Waals surface area contributed by atoms with Crippen LogP contribution in [0.2, 0.25) is 0 Å². The van der Waals surface area contributed by atoms with Gasteiger partial charge in [-0.3, -0.25) is 0 Å². The van der Waals surface area contributed by atoms with Gasteiger partial charge in [-0.25, -0.2) is 9.78 Å². The molecule has 17 heavy (non-hydrogen) atoms. The Labute approximate surface area is 109 Å². The fourth-order valence-electron chi connectivity index (χ4n) is 1.20. The Hall–Kier alpha value is -1.10. The van der Waals surface area contributed by atoms with Crippen LogP contribution in [0.4, 0.5) is 0 Å². The highest BCUT2D eigenvalue weighted by Crippen LogP contribution is 2.19. The Morgan fingerprint density at radius 2 is 2.24 bits per heavy atom. The van der Waals surface area contributed by atoms with E-state index in [9.17, 15) is 4.79 Å². The van der Waals surface area contributed by atoms with Crippen LogP contribution in [0.1, 0.15) is 26.3 Å². The van der Waals surface area contributed by atoms with Gasteiger partial charge in [-0.1, -0.05) is 15.9 Å². The van der Waals surface area contributed by atoms with Gasteiger partial charge in [-0.05, 0) is 32.4 Å². The Morgan fingerprint density at radius 1 is 1.53 bits per heavy atom. The first-order valence-electron chi connectivity index (χ1n) is 5.36. The Balaban J connectivity index is 2.78. The molecule has 4 nitrogen and oxygen atoms in total. The molecule has 0 aromatic carbocycles. The molecule has 0 aliphatic carbocycles. The number of rotatable bonds is 5. The van der Waals surface area contributed by atoms with Crippen molar-refractivity contribution >= 4 is 21.9 Å².